The lowest BCUT2D eigenvalue weighted by Gasteiger charge is -2.27. The van der Waals surface area contributed by atoms with Crippen molar-refractivity contribution < 1.29 is 31.4 Å². The average molecular weight is 520 g/mol. The quantitative estimate of drug-likeness (QED) is 0.450. The lowest BCUT2D eigenvalue weighted by Crippen LogP contribution is -2.42. The molecule has 0 bridgehead atoms. The highest BCUT2D eigenvalue weighted by atomic mass is 32.2. The van der Waals surface area contributed by atoms with Crippen LogP contribution in [0.15, 0.2) is 47.4 Å². The zero-order chi connectivity index (χ0) is 24.8. The van der Waals surface area contributed by atoms with Crippen LogP contribution in [0.3, 0.4) is 0 Å². The Labute approximate surface area is 211 Å². The monoisotopic (exact) mass is 519 g/mol. The molecule has 0 heterocycles. The lowest BCUT2D eigenvalue weighted by molar-refractivity contribution is 0.102. The smallest absolute Gasteiger partial charge is 0.406 e. The number of carbonyl (C=O) groups is 2. The molecule has 3 N–H and O–H groups in total. The molecule has 34 heavy (non-hydrogen) atoms. The summed E-state index contributed by atoms with van der Waals surface area (Å²) >= 11 is 0. The Bertz CT molecular complexity index is 1130. The Morgan fingerprint density at radius 1 is 1.12 bits per heavy atom. The van der Waals surface area contributed by atoms with Crippen LogP contribution in [-0.2, 0) is 14.8 Å². The summed E-state index contributed by atoms with van der Waals surface area (Å²) in [5.74, 6) is -1.03. The zero-order valence-electron chi connectivity index (χ0n) is 19.8. The van der Waals surface area contributed by atoms with Gasteiger partial charge in [0.05, 0.1) is 12.0 Å². The van der Waals surface area contributed by atoms with Crippen LogP contribution in [0, 0.1) is 24.6 Å². The molecule has 0 aliphatic rings. The number of sulfonamides is 1. The van der Waals surface area contributed by atoms with Crippen LogP contribution >= 0.6 is 13.5 Å². The van der Waals surface area contributed by atoms with Crippen molar-refractivity contribution in [2.24, 2.45) is 11.8 Å². The minimum Gasteiger partial charge on any atom is -0.453 e. The minimum absolute atomic E-state index is 0. The maximum Gasteiger partial charge on any atom is 0.406 e. The summed E-state index contributed by atoms with van der Waals surface area (Å²) in [6.45, 7) is 7.43. The van der Waals surface area contributed by atoms with Gasteiger partial charge in [-0.25, -0.2) is 22.3 Å². The first kappa shape index (κ1) is 29.4. The van der Waals surface area contributed by atoms with Gasteiger partial charge in [0.25, 0.3) is 5.91 Å². The van der Waals surface area contributed by atoms with E-state index in [0.717, 1.165) is 0 Å². The summed E-state index contributed by atoms with van der Waals surface area (Å²) in [6, 6.07) is 9.41. The molecule has 2 unspecified atom stereocenters. The van der Waals surface area contributed by atoms with Crippen molar-refractivity contribution in [3.63, 3.8) is 0 Å². The van der Waals surface area contributed by atoms with Crippen LogP contribution < -0.4 is 15.4 Å². The normalized spacial score (nSPS) is 13.7. The van der Waals surface area contributed by atoms with Crippen molar-refractivity contribution in [3.05, 3.63) is 59.4 Å². The molecule has 0 spiro atoms. The molecular weight excluding hydrogens is 481 g/mol. The molecule has 0 radical (unpaired) electrons. The Kier molecular flexibility index (Phi) is 11.0. The van der Waals surface area contributed by atoms with E-state index in [0.29, 0.717) is 17.8 Å². The van der Waals surface area contributed by atoms with Gasteiger partial charge in [-0.3, -0.25) is 4.79 Å². The van der Waals surface area contributed by atoms with Gasteiger partial charge in [-0.15, -0.1) is 0 Å². The molecule has 11 heteroatoms. The number of benzene rings is 2. The summed E-state index contributed by atoms with van der Waals surface area (Å²) in [6.07, 6.45) is -0.548. The molecule has 2 aromatic carbocycles. The highest BCUT2D eigenvalue weighted by molar-refractivity contribution is 7.89. The number of ether oxygens (including phenoxy) is 1. The zero-order valence-corrected chi connectivity index (χ0v) is 21.6. The number of halogens is 1. The first-order valence-corrected chi connectivity index (χ1v) is 11.9. The predicted molar refractivity (Wildman–Crippen MR) is 141 cm³/mol. The van der Waals surface area contributed by atoms with Crippen molar-refractivity contribution in [2.45, 2.75) is 38.6 Å². The molecular formula is C23H38FN3O5S2. The molecule has 2 rings (SSSR count). The molecule has 2 aromatic rings. The number of aryl methyl sites for hydroxylation is 1. The molecule has 2 amide bonds. The van der Waals surface area contributed by atoms with Crippen molar-refractivity contribution in [2.75, 3.05) is 19.0 Å². The summed E-state index contributed by atoms with van der Waals surface area (Å²) < 4.78 is 46.5. The van der Waals surface area contributed by atoms with Gasteiger partial charge in [-0.05, 0) is 67.6 Å². The minimum atomic E-state index is -3.91. The Hall–Kier alpha value is -2.63. The van der Waals surface area contributed by atoms with E-state index in [2.05, 4.69) is 20.1 Å². The summed E-state index contributed by atoms with van der Waals surface area (Å²) in [4.78, 5) is 23.8. The van der Waals surface area contributed by atoms with Crippen molar-refractivity contribution in [1.82, 2.24) is 10.0 Å². The molecule has 0 aliphatic heterocycles. The van der Waals surface area contributed by atoms with Crippen LogP contribution in [-0.4, -0.2) is 40.1 Å². The fourth-order valence-electron chi connectivity index (χ4n) is 3.15. The second kappa shape index (κ2) is 12.7. The van der Waals surface area contributed by atoms with E-state index in [9.17, 15) is 22.4 Å². The molecule has 0 saturated carbocycles. The molecule has 0 saturated heterocycles. The van der Waals surface area contributed by atoms with E-state index in [1.807, 2.05) is 13.8 Å². The number of amides is 2. The van der Waals surface area contributed by atoms with Crippen molar-refractivity contribution in [1.29, 1.82) is 0 Å². The largest absolute Gasteiger partial charge is 0.453 e. The molecule has 194 valence electrons. The fourth-order valence-corrected chi connectivity index (χ4v) is 4.53. The number of nitrogens with one attached hydrogen (secondary N) is 3. The van der Waals surface area contributed by atoms with Crippen molar-refractivity contribution >= 4 is 41.2 Å². The predicted octanol–water partition coefficient (Wildman–Crippen LogP) is 4.53. The number of carbonyl (C=O) groups excluding carboxylic acids is 2. The summed E-state index contributed by atoms with van der Waals surface area (Å²) in [7, 11) is -2.63. The van der Waals surface area contributed by atoms with Gasteiger partial charge in [-0.1, -0.05) is 19.9 Å². The van der Waals surface area contributed by atoms with E-state index in [-0.39, 0.29) is 45.9 Å². The second-order valence-corrected chi connectivity index (χ2v) is 9.78. The fraction of sp³-hybridized carbons (Fsp3) is 0.391. The van der Waals surface area contributed by atoms with Gasteiger partial charge >= 0.3 is 6.09 Å². The maximum absolute atomic E-state index is 13.4. The van der Waals surface area contributed by atoms with Crippen LogP contribution in [0.5, 0.6) is 0 Å². The molecule has 8 nitrogen and oxygen atoms in total. The van der Waals surface area contributed by atoms with Crippen molar-refractivity contribution in [3.8, 4) is 0 Å². The number of rotatable bonds is 9. The number of anilines is 1. The topological polar surface area (TPSA) is 114 Å². The molecule has 3 atom stereocenters. The summed E-state index contributed by atoms with van der Waals surface area (Å²) in [5, 5.41) is 5.25. The van der Waals surface area contributed by atoms with Gasteiger partial charge in [0.15, 0.2) is 0 Å². The molecule has 0 aliphatic carbocycles. The van der Waals surface area contributed by atoms with E-state index < -0.39 is 28.1 Å². The van der Waals surface area contributed by atoms with Gasteiger partial charge < -0.3 is 15.4 Å². The molecule has 0 aromatic heterocycles. The first-order chi connectivity index (χ1) is 15.4. The number of hydrogen-bond donors (Lipinski definition) is 3. The van der Waals surface area contributed by atoms with Gasteiger partial charge in [0, 0.05) is 28.1 Å². The Balaban J connectivity index is -0.00000289. The van der Waals surface area contributed by atoms with E-state index in [4.69, 9.17) is 0 Å². The number of alkyl carbamates (subject to hydrolysis) is 1. The lowest BCUT2D eigenvalue weighted by atomic mass is 9.90. The van der Waals surface area contributed by atoms with Crippen LogP contribution in [0.2, 0.25) is 0 Å². The highest BCUT2D eigenvalue weighted by Crippen LogP contribution is 2.19. The van der Waals surface area contributed by atoms with Gasteiger partial charge in [0.2, 0.25) is 10.0 Å². The third kappa shape index (κ3) is 8.00. The van der Waals surface area contributed by atoms with Gasteiger partial charge in [-0.2, -0.15) is 13.5 Å². The van der Waals surface area contributed by atoms with E-state index in [1.54, 1.807) is 13.8 Å². The number of hydrogen-bond acceptors (Lipinski definition) is 5. The maximum atomic E-state index is 13.4. The third-order valence-electron chi connectivity index (χ3n) is 5.60. The highest BCUT2D eigenvalue weighted by Gasteiger charge is 2.25. The standard InChI is InChI=1S/C23H30FN3O5S.H2S.3H2/c1-14-11-19(9-10-21(14)24)26-22(28)18-7-6-8-20(12-18)33(30,31)27-17(4)16(3)15(2)13-25-23(29)32-5;;;;/h6-12,15-17,27H,13H2,1-5H3,(H,25,29)(H,26,28);1H2;3*1H/t15?,16-,17?;;;;/m0..../s1. The SMILES string of the molecule is COC(=O)NCC(C)[C@H](C)C(C)NS(=O)(=O)c1cccc(C(=O)Nc2ccc(F)c(C)c2)c1.S.[HH].[HH].[HH]. The van der Waals surface area contributed by atoms with Crippen LogP contribution in [0.25, 0.3) is 0 Å². The average Bonchev–Trinajstić information content (AvgIpc) is 2.78. The van der Waals surface area contributed by atoms with E-state index in [1.165, 1.54) is 49.6 Å². The Morgan fingerprint density at radius 2 is 1.79 bits per heavy atom. The van der Waals surface area contributed by atoms with E-state index >= 15 is 0 Å². The molecule has 0 fully saturated rings. The summed E-state index contributed by atoms with van der Waals surface area (Å²) in [5.41, 5.74) is 0.936. The number of methoxy groups -OCH3 is 1. The van der Waals surface area contributed by atoms with Crippen LogP contribution in [0.1, 0.15) is 41.0 Å². The van der Waals surface area contributed by atoms with Gasteiger partial charge in [0.1, 0.15) is 5.82 Å². The second-order valence-electron chi connectivity index (χ2n) is 8.06. The first-order valence-electron chi connectivity index (χ1n) is 10.5. The Morgan fingerprint density at radius 3 is 2.41 bits per heavy atom. The third-order valence-corrected chi connectivity index (χ3v) is 7.16. The van der Waals surface area contributed by atoms with Crippen LogP contribution in [0.4, 0.5) is 14.9 Å².